The zero-order valence-electron chi connectivity index (χ0n) is 12.8. The quantitative estimate of drug-likeness (QED) is 0.708. The Morgan fingerprint density at radius 1 is 1.12 bits per heavy atom. The molecule has 1 aromatic heterocycles. The maximum atomic E-state index is 12.3. The number of aromatic carboxylic acids is 1. The van der Waals surface area contributed by atoms with Crippen LogP contribution in [0.3, 0.4) is 0 Å². The molecule has 0 atom stereocenters. The van der Waals surface area contributed by atoms with E-state index >= 15 is 0 Å². The first kappa shape index (κ1) is 17.2. The third-order valence-corrected chi connectivity index (χ3v) is 4.07. The van der Waals surface area contributed by atoms with Gasteiger partial charge in [-0.3, -0.25) is 9.78 Å². The molecular weight excluding hydrogens is 363 g/mol. The van der Waals surface area contributed by atoms with Gasteiger partial charge in [0.2, 0.25) is 5.91 Å². The molecule has 3 rings (SSSR count). The molecule has 0 spiro atoms. The summed E-state index contributed by atoms with van der Waals surface area (Å²) in [5.41, 5.74) is 0.948. The topological polar surface area (TPSA) is 79.3 Å². The van der Waals surface area contributed by atoms with E-state index in [1.54, 1.807) is 36.5 Å². The number of rotatable bonds is 4. The molecule has 0 radical (unpaired) electrons. The molecule has 0 saturated carbocycles. The highest BCUT2D eigenvalue weighted by atomic mass is 35.5. The van der Waals surface area contributed by atoms with Gasteiger partial charge in [-0.1, -0.05) is 29.3 Å². The molecule has 7 heteroatoms. The fourth-order valence-electron chi connectivity index (χ4n) is 2.51. The van der Waals surface area contributed by atoms with Gasteiger partial charge in [-0.05, 0) is 41.8 Å². The number of pyridine rings is 1. The second-order valence-corrected chi connectivity index (χ2v) is 6.20. The maximum absolute atomic E-state index is 12.3. The van der Waals surface area contributed by atoms with Gasteiger partial charge in [-0.2, -0.15) is 0 Å². The highest BCUT2D eigenvalue weighted by Gasteiger charge is 2.15. The van der Waals surface area contributed by atoms with Crippen LogP contribution in [-0.4, -0.2) is 22.0 Å². The van der Waals surface area contributed by atoms with Crippen LogP contribution in [0.25, 0.3) is 10.8 Å². The molecule has 0 bridgehead atoms. The van der Waals surface area contributed by atoms with Gasteiger partial charge in [0.25, 0.3) is 0 Å². The van der Waals surface area contributed by atoms with E-state index in [1.807, 2.05) is 0 Å². The van der Waals surface area contributed by atoms with Gasteiger partial charge in [0.05, 0.1) is 22.7 Å². The summed E-state index contributed by atoms with van der Waals surface area (Å²) in [5.74, 6) is -1.44. The first-order chi connectivity index (χ1) is 11.9. The number of anilines is 1. The molecule has 2 N–H and O–H groups in total. The minimum Gasteiger partial charge on any atom is -0.478 e. The predicted molar refractivity (Wildman–Crippen MR) is 97.5 cm³/mol. The molecule has 126 valence electrons. The zero-order chi connectivity index (χ0) is 18.0. The first-order valence-corrected chi connectivity index (χ1v) is 8.05. The molecule has 0 saturated heterocycles. The number of halogens is 2. The molecule has 25 heavy (non-hydrogen) atoms. The van der Waals surface area contributed by atoms with E-state index in [4.69, 9.17) is 23.2 Å². The van der Waals surface area contributed by atoms with E-state index in [0.29, 0.717) is 32.2 Å². The van der Waals surface area contributed by atoms with Crippen molar-refractivity contribution in [3.8, 4) is 0 Å². The smallest absolute Gasteiger partial charge is 0.335 e. The van der Waals surface area contributed by atoms with E-state index < -0.39 is 5.97 Å². The van der Waals surface area contributed by atoms with Gasteiger partial charge < -0.3 is 10.4 Å². The normalized spacial score (nSPS) is 10.6. The van der Waals surface area contributed by atoms with Crippen molar-refractivity contribution in [1.29, 1.82) is 0 Å². The molecule has 3 aromatic rings. The summed E-state index contributed by atoms with van der Waals surface area (Å²) in [7, 11) is 0. The van der Waals surface area contributed by atoms with Crippen molar-refractivity contribution in [3.05, 3.63) is 70.0 Å². The van der Waals surface area contributed by atoms with Crippen LogP contribution >= 0.6 is 23.2 Å². The van der Waals surface area contributed by atoms with Crippen LogP contribution < -0.4 is 5.32 Å². The monoisotopic (exact) mass is 374 g/mol. The highest BCUT2D eigenvalue weighted by molar-refractivity contribution is 6.40. The van der Waals surface area contributed by atoms with Gasteiger partial charge in [-0.15, -0.1) is 0 Å². The second kappa shape index (κ2) is 7.09. The fraction of sp³-hybridized carbons (Fsp3) is 0.0556. The number of nitrogens with one attached hydrogen (secondary N) is 1. The summed E-state index contributed by atoms with van der Waals surface area (Å²) in [4.78, 5) is 27.8. The van der Waals surface area contributed by atoms with Crippen LogP contribution in [0.15, 0.2) is 48.7 Å². The first-order valence-electron chi connectivity index (χ1n) is 7.30. The van der Waals surface area contributed by atoms with Crippen molar-refractivity contribution in [2.24, 2.45) is 0 Å². The summed E-state index contributed by atoms with van der Waals surface area (Å²) in [6.45, 7) is 0. The lowest BCUT2D eigenvalue weighted by atomic mass is 10.0. The molecule has 0 unspecified atom stereocenters. The summed E-state index contributed by atoms with van der Waals surface area (Å²) >= 11 is 12.2. The molecular formula is C18H12Cl2N2O3. The van der Waals surface area contributed by atoms with Crippen molar-refractivity contribution in [1.82, 2.24) is 4.98 Å². The van der Waals surface area contributed by atoms with E-state index in [1.165, 1.54) is 12.1 Å². The Morgan fingerprint density at radius 2 is 1.92 bits per heavy atom. The standard InChI is InChI=1S/C18H12Cl2N2O3/c19-12-6-10-5-11(18(24)25)7-15(17(10)14(20)8-12)22-16(23)9-13-3-1-2-4-21-13/h1-8H,9H2,(H,22,23)(H,24,25). The molecule has 1 amide bonds. The lowest BCUT2D eigenvalue weighted by Gasteiger charge is -2.12. The van der Waals surface area contributed by atoms with Gasteiger partial charge >= 0.3 is 5.97 Å². The molecule has 2 aromatic carbocycles. The van der Waals surface area contributed by atoms with E-state index in [0.717, 1.165) is 0 Å². The van der Waals surface area contributed by atoms with Crippen LogP contribution in [0.4, 0.5) is 5.69 Å². The largest absolute Gasteiger partial charge is 0.478 e. The molecule has 0 aliphatic heterocycles. The summed E-state index contributed by atoms with van der Waals surface area (Å²) in [5, 5.41) is 13.8. The van der Waals surface area contributed by atoms with Crippen molar-refractivity contribution in [2.75, 3.05) is 5.32 Å². The number of fused-ring (bicyclic) bond motifs is 1. The number of nitrogens with zero attached hydrogens (tertiary/aromatic N) is 1. The third kappa shape index (κ3) is 3.90. The number of carboxylic acid groups (broad SMARTS) is 1. The number of benzene rings is 2. The second-order valence-electron chi connectivity index (χ2n) is 5.36. The van der Waals surface area contributed by atoms with Gasteiger partial charge in [0.15, 0.2) is 0 Å². The van der Waals surface area contributed by atoms with Crippen LogP contribution in [0.2, 0.25) is 10.0 Å². The van der Waals surface area contributed by atoms with Gasteiger partial charge in [0, 0.05) is 22.3 Å². The molecule has 5 nitrogen and oxygen atoms in total. The minimum atomic E-state index is -1.11. The van der Waals surface area contributed by atoms with Crippen LogP contribution in [0.5, 0.6) is 0 Å². The Labute approximate surface area is 153 Å². The van der Waals surface area contributed by atoms with Crippen LogP contribution in [-0.2, 0) is 11.2 Å². The highest BCUT2D eigenvalue weighted by Crippen LogP contribution is 2.34. The summed E-state index contributed by atoms with van der Waals surface area (Å²) in [6.07, 6.45) is 1.66. The third-order valence-electron chi connectivity index (χ3n) is 3.55. The van der Waals surface area contributed by atoms with Gasteiger partial charge in [-0.25, -0.2) is 4.79 Å². The number of hydrogen-bond donors (Lipinski definition) is 2. The predicted octanol–water partition coefficient (Wildman–Crippen LogP) is 4.42. The van der Waals surface area contributed by atoms with Crippen LogP contribution in [0.1, 0.15) is 16.1 Å². The number of carboxylic acids is 1. The minimum absolute atomic E-state index is 0.0268. The maximum Gasteiger partial charge on any atom is 0.335 e. The van der Waals surface area contributed by atoms with Crippen molar-refractivity contribution in [3.63, 3.8) is 0 Å². The lowest BCUT2D eigenvalue weighted by Crippen LogP contribution is -2.16. The average Bonchev–Trinajstić information content (AvgIpc) is 2.54. The van der Waals surface area contributed by atoms with Crippen molar-refractivity contribution >= 4 is 51.5 Å². The Hall–Kier alpha value is -2.63. The van der Waals surface area contributed by atoms with E-state index in [-0.39, 0.29) is 17.9 Å². The number of carbonyl (C=O) groups excluding carboxylic acids is 1. The SMILES string of the molecule is O=C(Cc1ccccn1)Nc1cc(C(=O)O)cc2cc(Cl)cc(Cl)c12. The average molecular weight is 375 g/mol. The number of carbonyl (C=O) groups is 2. The summed E-state index contributed by atoms with van der Waals surface area (Å²) in [6, 6.07) is 11.3. The van der Waals surface area contributed by atoms with E-state index in [2.05, 4.69) is 10.3 Å². The summed E-state index contributed by atoms with van der Waals surface area (Å²) < 4.78 is 0. The molecule has 0 aliphatic carbocycles. The number of aromatic nitrogens is 1. The Kier molecular flexibility index (Phi) is 4.88. The van der Waals surface area contributed by atoms with Gasteiger partial charge in [0.1, 0.15) is 0 Å². The molecule has 0 fully saturated rings. The fourth-order valence-corrected chi connectivity index (χ4v) is 3.12. The van der Waals surface area contributed by atoms with E-state index in [9.17, 15) is 14.7 Å². The van der Waals surface area contributed by atoms with Crippen LogP contribution in [0, 0.1) is 0 Å². The number of amides is 1. The Morgan fingerprint density at radius 3 is 2.60 bits per heavy atom. The number of hydrogen-bond acceptors (Lipinski definition) is 3. The Balaban J connectivity index is 2.02. The molecule has 0 aliphatic rings. The van der Waals surface area contributed by atoms with Crippen molar-refractivity contribution in [2.45, 2.75) is 6.42 Å². The van der Waals surface area contributed by atoms with Crippen molar-refractivity contribution < 1.29 is 14.7 Å². The zero-order valence-corrected chi connectivity index (χ0v) is 14.3. The Bertz CT molecular complexity index is 975. The lowest BCUT2D eigenvalue weighted by molar-refractivity contribution is -0.115. The molecule has 1 heterocycles.